The first-order chi connectivity index (χ1) is 16.0. The predicted molar refractivity (Wildman–Crippen MR) is 121 cm³/mol. The highest BCUT2D eigenvalue weighted by atomic mass is 16.7. The van der Waals surface area contributed by atoms with Gasteiger partial charge in [-0.05, 0) is 36.4 Å². The molecule has 1 aliphatic rings. The second kappa shape index (κ2) is 6.76. The first-order valence-corrected chi connectivity index (χ1v) is 10.2. The molecule has 0 amide bonds. The molecule has 0 saturated carbocycles. The summed E-state index contributed by atoms with van der Waals surface area (Å²) in [5.74, 6) is 2.52. The van der Waals surface area contributed by atoms with Gasteiger partial charge in [-0.25, -0.2) is 4.79 Å². The van der Waals surface area contributed by atoms with Gasteiger partial charge in [0.05, 0.1) is 18.5 Å². The fourth-order valence-corrected chi connectivity index (χ4v) is 4.22. The quantitative estimate of drug-likeness (QED) is 0.422. The van der Waals surface area contributed by atoms with Gasteiger partial charge in [0, 0.05) is 31.9 Å². The highest BCUT2D eigenvalue weighted by Crippen LogP contribution is 2.36. The summed E-state index contributed by atoms with van der Waals surface area (Å²) in [5.41, 5.74) is 2.27. The van der Waals surface area contributed by atoms with Gasteiger partial charge >= 0.3 is 5.69 Å². The van der Waals surface area contributed by atoms with E-state index in [0.29, 0.717) is 28.4 Å². The van der Waals surface area contributed by atoms with Crippen molar-refractivity contribution in [2.45, 2.75) is 0 Å². The minimum atomic E-state index is -0.432. The molecule has 6 rings (SSSR count). The second-order valence-electron chi connectivity index (χ2n) is 7.78. The van der Waals surface area contributed by atoms with Crippen molar-refractivity contribution in [3.8, 4) is 34.2 Å². The van der Waals surface area contributed by atoms with Crippen LogP contribution in [-0.4, -0.2) is 37.0 Å². The lowest BCUT2D eigenvalue weighted by atomic mass is 10.1. The van der Waals surface area contributed by atoms with Gasteiger partial charge in [0.15, 0.2) is 22.7 Å². The molecular weight excluding hydrogens is 426 g/mol. The molecule has 0 N–H and O–H groups in total. The molecule has 10 heteroatoms. The van der Waals surface area contributed by atoms with Crippen molar-refractivity contribution in [3.05, 3.63) is 69.5 Å². The molecule has 33 heavy (non-hydrogen) atoms. The topological polar surface area (TPSA) is 93.9 Å². The van der Waals surface area contributed by atoms with Crippen LogP contribution in [0.1, 0.15) is 0 Å². The number of benzene rings is 2. The molecule has 0 aliphatic carbocycles. The van der Waals surface area contributed by atoms with Crippen molar-refractivity contribution in [2.24, 2.45) is 14.1 Å². The normalized spacial score (nSPS) is 12.7. The molecule has 3 aromatic heterocycles. The number of aromatic nitrogens is 5. The zero-order valence-electron chi connectivity index (χ0n) is 18.1. The third-order valence-electron chi connectivity index (χ3n) is 5.97. The maximum absolute atomic E-state index is 13.0. The van der Waals surface area contributed by atoms with Crippen LogP contribution in [0.5, 0.6) is 17.2 Å². The largest absolute Gasteiger partial charge is 0.497 e. The Labute approximate surface area is 186 Å². The number of hydrogen-bond acceptors (Lipinski definition) is 6. The summed E-state index contributed by atoms with van der Waals surface area (Å²) in [6.45, 7) is 0.163. The van der Waals surface area contributed by atoms with E-state index in [0.717, 1.165) is 27.3 Å². The molecule has 0 spiro atoms. The molecule has 0 unspecified atom stereocenters. The Morgan fingerprint density at radius 2 is 1.73 bits per heavy atom. The molecule has 4 heterocycles. The lowest BCUT2D eigenvalue weighted by Gasteiger charge is -2.10. The molecule has 166 valence electrons. The van der Waals surface area contributed by atoms with Crippen molar-refractivity contribution in [2.75, 3.05) is 13.9 Å². The van der Waals surface area contributed by atoms with Crippen LogP contribution in [0.2, 0.25) is 0 Å². The molecule has 5 aromatic rings. The van der Waals surface area contributed by atoms with Crippen LogP contribution in [0.4, 0.5) is 0 Å². The number of methoxy groups -OCH3 is 1. The maximum atomic E-state index is 13.0. The fourth-order valence-electron chi connectivity index (χ4n) is 4.22. The van der Waals surface area contributed by atoms with E-state index in [4.69, 9.17) is 19.2 Å². The van der Waals surface area contributed by atoms with Crippen LogP contribution in [0.15, 0.2) is 58.3 Å². The summed E-state index contributed by atoms with van der Waals surface area (Å²) >= 11 is 0. The lowest BCUT2D eigenvalue weighted by molar-refractivity contribution is 0.174. The summed E-state index contributed by atoms with van der Waals surface area (Å²) < 4.78 is 22.4. The Bertz CT molecular complexity index is 1690. The third-order valence-corrected chi connectivity index (χ3v) is 5.97. The molecule has 0 radical (unpaired) electrons. The third kappa shape index (κ3) is 2.63. The molecule has 0 fully saturated rings. The minimum absolute atomic E-state index is 0.163. The minimum Gasteiger partial charge on any atom is -0.497 e. The zero-order chi connectivity index (χ0) is 22.9. The van der Waals surface area contributed by atoms with Crippen molar-refractivity contribution >= 4 is 16.9 Å². The highest BCUT2D eigenvalue weighted by molar-refractivity contribution is 5.79. The maximum Gasteiger partial charge on any atom is 0.332 e. The second-order valence-corrected chi connectivity index (χ2v) is 7.78. The Morgan fingerprint density at radius 3 is 2.48 bits per heavy atom. The number of imidazole rings is 2. The van der Waals surface area contributed by atoms with E-state index in [1.165, 1.54) is 11.6 Å². The fraction of sp³-hybridized carbons (Fsp3) is 0.174. The summed E-state index contributed by atoms with van der Waals surface area (Å²) in [5, 5.41) is 0. The van der Waals surface area contributed by atoms with Crippen LogP contribution in [-0.2, 0) is 14.1 Å². The molecule has 10 nitrogen and oxygen atoms in total. The van der Waals surface area contributed by atoms with Crippen molar-refractivity contribution in [1.82, 2.24) is 23.1 Å². The smallest absolute Gasteiger partial charge is 0.332 e. The molecule has 2 aromatic carbocycles. The van der Waals surface area contributed by atoms with Crippen LogP contribution in [0.25, 0.3) is 33.9 Å². The van der Waals surface area contributed by atoms with Crippen LogP contribution >= 0.6 is 0 Å². The van der Waals surface area contributed by atoms with Crippen molar-refractivity contribution < 1.29 is 14.2 Å². The van der Waals surface area contributed by atoms with Crippen LogP contribution in [0.3, 0.4) is 0 Å². The average molecular weight is 445 g/mol. The number of rotatable bonds is 3. The van der Waals surface area contributed by atoms with Gasteiger partial charge in [-0.2, -0.15) is 4.98 Å². The van der Waals surface area contributed by atoms with Gasteiger partial charge in [-0.3, -0.25) is 22.9 Å². The summed E-state index contributed by atoms with van der Waals surface area (Å²) in [6.07, 6.45) is 1.85. The lowest BCUT2D eigenvalue weighted by Crippen LogP contribution is -2.37. The summed E-state index contributed by atoms with van der Waals surface area (Å²) in [4.78, 5) is 30.2. The van der Waals surface area contributed by atoms with E-state index >= 15 is 0 Å². The monoisotopic (exact) mass is 445 g/mol. The van der Waals surface area contributed by atoms with E-state index in [1.54, 1.807) is 18.6 Å². The van der Waals surface area contributed by atoms with E-state index in [9.17, 15) is 9.59 Å². The first-order valence-electron chi connectivity index (χ1n) is 10.2. The van der Waals surface area contributed by atoms with Crippen molar-refractivity contribution in [3.63, 3.8) is 0 Å². The predicted octanol–water partition coefficient (Wildman–Crippen LogP) is 2.08. The van der Waals surface area contributed by atoms with E-state index in [-0.39, 0.29) is 6.79 Å². The number of aryl methyl sites for hydroxylation is 1. The molecule has 0 atom stereocenters. The standard InChI is InChI=1S/C23H19N5O5/c1-25-20-19(21(29)26(2)23(25)30)27-11-16(13-4-7-15(31-3)8-5-13)28(22(27)24-20)14-6-9-17-18(10-14)33-12-32-17/h4-11H,12H2,1-3H3. The van der Waals surface area contributed by atoms with E-state index in [1.807, 2.05) is 53.2 Å². The van der Waals surface area contributed by atoms with E-state index < -0.39 is 11.2 Å². The Balaban J connectivity index is 1.72. The Kier molecular flexibility index (Phi) is 3.94. The Morgan fingerprint density at radius 1 is 0.970 bits per heavy atom. The van der Waals surface area contributed by atoms with Gasteiger partial charge in [-0.15, -0.1) is 0 Å². The van der Waals surface area contributed by atoms with Gasteiger partial charge in [0.25, 0.3) is 5.56 Å². The number of hydrogen-bond donors (Lipinski definition) is 0. The van der Waals surface area contributed by atoms with Gasteiger partial charge in [0.1, 0.15) is 5.75 Å². The SMILES string of the molecule is COc1ccc(-c2cn3c4c(=O)n(C)c(=O)n(C)c4nc3n2-c2ccc3c(c2)OCO3)cc1. The molecular formula is C23H19N5O5. The van der Waals surface area contributed by atoms with E-state index in [2.05, 4.69) is 0 Å². The van der Waals surface area contributed by atoms with Crippen LogP contribution < -0.4 is 25.5 Å². The summed E-state index contributed by atoms with van der Waals surface area (Å²) in [6, 6.07) is 13.2. The van der Waals surface area contributed by atoms with Crippen LogP contribution in [0, 0.1) is 0 Å². The number of ether oxygens (including phenoxy) is 3. The zero-order valence-corrected chi connectivity index (χ0v) is 18.1. The van der Waals surface area contributed by atoms with Gasteiger partial charge in [-0.1, -0.05) is 0 Å². The first kappa shape index (κ1) is 19.2. The Hall–Kier alpha value is -4.47. The van der Waals surface area contributed by atoms with Gasteiger partial charge < -0.3 is 14.2 Å². The van der Waals surface area contributed by atoms with Gasteiger partial charge in [0.2, 0.25) is 12.6 Å². The molecule has 1 aliphatic heterocycles. The number of fused-ring (bicyclic) bond motifs is 4. The van der Waals surface area contributed by atoms with Crippen molar-refractivity contribution in [1.29, 1.82) is 0 Å². The highest BCUT2D eigenvalue weighted by Gasteiger charge is 2.23. The summed E-state index contributed by atoms with van der Waals surface area (Å²) in [7, 11) is 4.68. The average Bonchev–Trinajstić information content (AvgIpc) is 3.54. The molecule has 0 saturated heterocycles. The number of nitrogens with zero attached hydrogens (tertiary/aromatic N) is 5. The molecule has 0 bridgehead atoms.